The van der Waals surface area contributed by atoms with E-state index in [0.29, 0.717) is 0 Å². The molecule has 1 rings (SSSR count). The van der Waals surface area contributed by atoms with Gasteiger partial charge in [-0.05, 0) is 12.1 Å². The fraction of sp³-hybridized carbons (Fsp3) is 0.300. The maximum Gasteiger partial charge on any atom is 0.265 e. The molecule has 0 saturated heterocycles. The Balaban J connectivity index is 2.79. The van der Waals surface area contributed by atoms with Gasteiger partial charge in [0.1, 0.15) is 6.10 Å². The zero-order chi connectivity index (χ0) is 13.9. The highest BCUT2D eigenvalue weighted by Gasteiger charge is 2.19. The number of hydrogen-bond donors (Lipinski definition) is 3. The third-order valence-corrected chi connectivity index (χ3v) is 2.86. The molecule has 0 spiro atoms. The van der Waals surface area contributed by atoms with Gasteiger partial charge in [-0.2, -0.15) is 0 Å². The highest BCUT2D eigenvalue weighted by molar-refractivity contribution is 6.44. The van der Waals surface area contributed by atoms with Crippen molar-refractivity contribution in [2.24, 2.45) is 0 Å². The molecule has 1 unspecified atom stereocenters. The van der Waals surface area contributed by atoms with E-state index in [1.54, 1.807) is 0 Å². The van der Waals surface area contributed by atoms with E-state index in [2.05, 4.69) is 5.32 Å². The summed E-state index contributed by atoms with van der Waals surface area (Å²) in [4.78, 5) is 11.6. The molecule has 4 nitrogen and oxygen atoms in total. The molecule has 18 heavy (non-hydrogen) atoms. The van der Waals surface area contributed by atoms with Crippen LogP contribution in [-0.4, -0.2) is 30.1 Å². The van der Waals surface area contributed by atoms with Gasteiger partial charge in [0.05, 0.1) is 15.6 Å². The largest absolute Gasteiger partial charge is 0.399 e. The summed E-state index contributed by atoms with van der Waals surface area (Å²) in [6.07, 6.45) is -4.88. The number of halogens is 4. The molecule has 0 aliphatic heterocycles. The minimum absolute atomic E-state index is 0.0325. The number of benzene rings is 1. The number of nitrogen functional groups attached to an aromatic ring is 1. The maximum atomic E-state index is 12.0. The highest BCUT2D eigenvalue weighted by Crippen LogP contribution is 2.28. The number of amides is 1. The first-order chi connectivity index (χ1) is 8.32. The van der Waals surface area contributed by atoms with Gasteiger partial charge in [0.25, 0.3) is 12.3 Å². The minimum Gasteiger partial charge on any atom is -0.399 e. The number of anilines is 1. The molecule has 0 aliphatic rings. The van der Waals surface area contributed by atoms with Crippen molar-refractivity contribution in [1.82, 2.24) is 5.32 Å². The number of hydrogen-bond acceptors (Lipinski definition) is 3. The topological polar surface area (TPSA) is 75.4 Å². The van der Waals surface area contributed by atoms with Gasteiger partial charge in [-0.1, -0.05) is 23.2 Å². The molecule has 1 aromatic rings. The van der Waals surface area contributed by atoms with E-state index >= 15 is 0 Å². The molecule has 0 aromatic heterocycles. The Hall–Kier alpha value is -1.11. The third-order valence-electron chi connectivity index (χ3n) is 2.06. The molecule has 100 valence electrons. The summed E-state index contributed by atoms with van der Waals surface area (Å²) in [7, 11) is 0. The van der Waals surface area contributed by atoms with Crippen molar-refractivity contribution in [3.8, 4) is 0 Å². The van der Waals surface area contributed by atoms with E-state index in [-0.39, 0.29) is 21.3 Å². The molecule has 0 fully saturated rings. The van der Waals surface area contributed by atoms with Gasteiger partial charge in [-0.15, -0.1) is 0 Å². The normalized spacial score (nSPS) is 12.6. The number of carbonyl (C=O) groups is 1. The number of rotatable bonds is 4. The average Bonchev–Trinajstić information content (AvgIpc) is 2.29. The van der Waals surface area contributed by atoms with Gasteiger partial charge < -0.3 is 16.2 Å². The van der Waals surface area contributed by atoms with Crippen molar-refractivity contribution in [3.63, 3.8) is 0 Å². The molecule has 0 radical (unpaired) electrons. The van der Waals surface area contributed by atoms with E-state index < -0.39 is 25.0 Å². The SMILES string of the molecule is Nc1cc(Cl)c(Cl)c(C(=O)NCC(O)C(F)F)c1. The zero-order valence-corrected chi connectivity index (χ0v) is 10.5. The van der Waals surface area contributed by atoms with Crippen LogP contribution in [-0.2, 0) is 0 Å². The van der Waals surface area contributed by atoms with E-state index in [1.165, 1.54) is 12.1 Å². The molecular weight excluding hydrogens is 289 g/mol. The van der Waals surface area contributed by atoms with E-state index in [4.69, 9.17) is 34.0 Å². The summed E-state index contributed by atoms with van der Waals surface area (Å²) in [5.41, 5.74) is 5.65. The number of aliphatic hydroxyl groups excluding tert-OH is 1. The molecule has 4 N–H and O–H groups in total. The lowest BCUT2D eigenvalue weighted by molar-refractivity contribution is -0.00270. The van der Waals surface area contributed by atoms with E-state index in [0.717, 1.165) is 0 Å². The standard InChI is InChI=1S/C10H10Cl2F2N2O2/c11-6-2-4(15)1-5(8(6)12)10(18)16-3-7(17)9(13)14/h1-2,7,9,17H,3,15H2,(H,16,18). The van der Waals surface area contributed by atoms with Crippen LogP contribution < -0.4 is 11.1 Å². The van der Waals surface area contributed by atoms with Crippen molar-refractivity contribution in [1.29, 1.82) is 0 Å². The molecule has 8 heteroatoms. The Labute approximate surface area is 112 Å². The smallest absolute Gasteiger partial charge is 0.265 e. The summed E-state index contributed by atoms with van der Waals surface area (Å²) in [6, 6.07) is 2.62. The lowest BCUT2D eigenvalue weighted by Gasteiger charge is -2.12. The van der Waals surface area contributed by atoms with Crippen molar-refractivity contribution < 1.29 is 18.7 Å². The molecule has 0 bridgehead atoms. The molecule has 1 atom stereocenters. The van der Waals surface area contributed by atoms with Crippen LogP contribution in [0.4, 0.5) is 14.5 Å². The number of nitrogens with two attached hydrogens (primary N) is 1. The summed E-state index contributed by atoms with van der Waals surface area (Å²) in [5, 5.41) is 11.0. The van der Waals surface area contributed by atoms with Gasteiger partial charge >= 0.3 is 0 Å². The quantitative estimate of drug-likeness (QED) is 0.744. The first kappa shape index (κ1) is 14.9. The first-order valence-electron chi connectivity index (χ1n) is 4.82. The summed E-state index contributed by atoms with van der Waals surface area (Å²) in [5.74, 6) is -0.742. The van der Waals surface area contributed by atoms with Crippen molar-refractivity contribution >= 4 is 34.8 Å². The number of alkyl halides is 2. The molecule has 0 aliphatic carbocycles. The summed E-state index contributed by atoms with van der Waals surface area (Å²) >= 11 is 11.5. The Morgan fingerprint density at radius 2 is 2.06 bits per heavy atom. The molecule has 1 aromatic carbocycles. The van der Waals surface area contributed by atoms with Gasteiger partial charge in [0, 0.05) is 12.2 Å². The second kappa shape index (κ2) is 6.17. The van der Waals surface area contributed by atoms with Crippen molar-refractivity contribution in [2.45, 2.75) is 12.5 Å². The Morgan fingerprint density at radius 1 is 1.44 bits per heavy atom. The summed E-state index contributed by atoms with van der Waals surface area (Å²) in [6.45, 7) is -0.598. The fourth-order valence-electron chi connectivity index (χ4n) is 1.16. The number of nitrogens with one attached hydrogen (secondary N) is 1. The van der Waals surface area contributed by atoms with Crippen LogP contribution in [0.3, 0.4) is 0 Å². The Morgan fingerprint density at radius 3 is 2.61 bits per heavy atom. The third kappa shape index (κ3) is 3.69. The van der Waals surface area contributed by atoms with Crippen LogP contribution >= 0.6 is 23.2 Å². The van der Waals surface area contributed by atoms with Gasteiger partial charge in [0.2, 0.25) is 0 Å². The van der Waals surface area contributed by atoms with Crippen LogP contribution in [0.2, 0.25) is 10.0 Å². The van der Waals surface area contributed by atoms with Crippen LogP contribution in [0.15, 0.2) is 12.1 Å². The predicted molar refractivity (Wildman–Crippen MR) is 65.2 cm³/mol. The van der Waals surface area contributed by atoms with Crippen LogP contribution in [0, 0.1) is 0 Å². The van der Waals surface area contributed by atoms with E-state index in [1.807, 2.05) is 0 Å². The Kier molecular flexibility index (Phi) is 5.13. The minimum atomic E-state index is -2.94. The fourth-order valence-corrected chi connectivity index (χ4v) is 1.58. The predicted octanol–water partition coefficient (Wildman–Crippen LogP) is 1.93. The molecular formula is C10H10Cl2F2N2O2. The highest BCUT2D eigenvalue weighted by atomic mass is 35.5. The van der Waals surface area contributed by atoms with Crippen molar-refractivity contribution in [2.75, 3.05) is 12.3 Å². The van der Waals surface area contributed by atoms with Crippen LogP contribution in [0.25, 0.3) is 0 Å². The van der Waals surface area contributed by atoms with Crippen molar-refractivity contribution in [3.05, 3.63) is 27.7 Å². The Bertz CT molecular complexity index is 458. The number of aliphatic hydroxyl groups is 1. The first-order valence-corrected chi connectivity index (χ1v) is 5.57. The van der Waals surface area contributed by atoms with Crippen LogP contribution in [0.1, 0.15) is 10.4 Å². The second-order valence-electron chi connectivity index (χ2n) is 3.48. The monoisotopic (exact) mass is 298 g/mol. The lowest BCUT2D eigenvalue weighted by Crippen LogP contribution is -2.36. The van der Waals surface area contributed by atoms with Gasteiger partial charge in [-0.3, -0.25) is 4.79 Å². The zero-order valence-electron chi connectivity index (χ0n) is 8.96. The van der Waals surface area contributed by atoms with Gasteiger partial charge in [0.15, 0.2) is 0 Å². The average molecular weight is 299 g/mol. The second-order valence-corrected chi connectivity index (χ2v) is 4.26. The molecule has 0 heterocycles. The van der Waals surface area contributed by atoms with Gasteiger partial charge in [-0.25, -0.2) is 8.78 Å². The van der Waals surface area contributed by atoms with Crippen LogP contribution in [0.5, 0.6) is 0 Å². The maximum absolute atomic E-state index is 12.0. The molecule has 1 amide bonds. The lowest BCUT2D eigenvalue weighted by atomic mass is 10.2. The van der Waals surface area contributed by atoms with E-state index in [9.17, 15) is 13.6 Å². The number of carbonyl (C=O) groups excluding carboxylic acids is 1. The summed E-state index contributed by atoms with van der Waals surface area (Å²) < 4.78 is 24.0. The molecule has 0 saturated carbocycles.